The van der Waals surface area contributed by atoms with Crippen molar-refractivity contribution in [2.45, 2.75) is 19.8 Å². The second-order valence-corrected chi connectivity index (χ2v) is 7.98. The predicted molar refractivity (Wildman–Crippen MR) is 117 cm³/mol. The molecule has 2 heterocycles. The summed E-state index contributed by atoms with van der Waals surface area (Å²) in [4.78, 5) is 27.4. The van der Waals surface area contributed by atoms with E-state index in [-0.39, 0.29) is 17.7 Å². The number of carbonyl (C=O) groups excluding carboxylic acids is 2. The van der Waals surface area contributed by atoms with Gasteiger partial charge in [-0.3, -0.25) is 9.59 Å². The van der Waals surface area contributed by atoms with Crippen LogP contribution in [0.1, 0.15) is 28.8 Å². The summed E-state index contributed by atoms with van der Waals surface area (Å²) < 4.78 is 1.63. The van der Waals surface area contributed by atoms with E-state index in [4.69, 9.17) is 11.6 Å². The number of hydrogen-bond donors (Lipinski definition) is 1. The molecule has 1 N–H and O–H groups in total. The molecule has 1 aliphatic rings. The van der Waals surface area contributed by atoms with Gasteiger partial charge in [-0.05, 0) is 44.0 Å². The van der Waals surface area contributed by atoms with Gasteiger partial charge in [0.15, 0.2) is 0 Å². The topological polar surface area (TPSA) is 67.2 Å². The normalized spacial score (nSPS) is 16.3. The van der Waals surface area contributed by atoms with Crippen LogP contribution < -0.4 is 5.32 Å². The number of likely N-dealkylation sites (tertiary alicyclic amines) is 1. The number of nitrogens with one attached hydrogen (secondary N) is 1. The second kappa shape index (κ2) is 8.71. The third kappa shape index (κ3) is 4.39. The maximum absolute atomic E-state index is 12.8. The fourth-order valence-electron chi connectivity index (χ4n) is 3.66. The third-order valence-corrected chi connectivity index (χ3v) is 5.65. The number of carbonyl (C=O) groups is 2. The van der Waals surface area contributed by atoms with Crippen LogP contribution in [0, 0.1) is 12.8 Å². The summed E-state index contributed by atoms with van der Waals surface area (Å²) in [6.07, 6.45) is 4.88. The molecule has 1 aliphatic heterocycles. The van der Waals surface area contributed by atoms with Crippen LogP contribution in [0.2, 0.25) is 5.02 Å². The highest BCUT2D eigenvalue weighted by Crippen LogP contribution is 2.23. The highest BCUT2D eigenvalue weighted by molar-refractivity contribution is 6.32. The minimum Gasteiger partial charge on any atom is -0.338 e. The molecule has 0 bridgehead atoms. The van der Waals surface area contributed by atoms with Gasteiger partial charge >= 0.3 is 0 Å². The average molecular weight is 423 g/mol. The first-order valence-corrected chi connectivity index (χ1v) is 10.4. The highest BCUT2D eigenvalue weighted by atomic mass is 35.5. The molecule has 154 valence electrons. The molecule has 1 unspecified atom stereocenters. The van der Waals surface area contributed by atoms with E-state index in [1.807, 2.05) is 49.4 Å². The molecular formula is C23H23ClN4O2. The maximum Gasteiger partial charge on any atom is 0.253 e. The third-order valence-electron chi connectivity index (χ3n) is 5.33. The number of aromatic nitrogens is 2. The van der Waals surface area contributed by atoms with E-state index < -0.39 is 0 Å². The summed E-state index contributed by atoms with van der Waals surface area (Å²) in [5.41, 5.74) is 3.11. The summed E-state index contributed by atoms with van der Waals surface area (Å²) in [6, 6.07) is 14.9. The Kier molecular flexibility index (Phi) is 5.86. The van der Waals surface area contributed by atoms with Crippen LogP contribution in [-0.4, -0.2) is 39.6 Å². The molecule has 3 aromatic rings. The quantitative estimate of drug-likeness (QED) is 0.680. The van der Waals surface area contributed by atoms with Crippen LogP contribution in [-0.2, 0) is 4.79 Å². The Balaban J connectivity index is 1.41. The van der Waals surface area contributed by atoms with Crippen molar-refractivity contribution >= 4 is 29.1 Å². The Morgan fingerprint density at radius 1 is 1.13 bits per heavy atom. The minimum absolute atomic E-state index is 0.0287. The molecule has 1 fully saturated rings. The molecule has 6 nitrogen and oxygen atoms in total. The van der Waals surface area contributed by atoms with E-state index >= 15 is 0 Å². The van der Waals surface area contributed by atoms with Crippen LogP contribution in [0.3, 0.4) is 0 Å². The zero-order valence-electron chi connectivity index (χ0n) is 16.7. The maximum atomic E-state index is 12.8. The van der Waals surface area contributed by atoms with Crippen LogP contribution in [0.15, 0.2) is 60.9 Å². The fraction of sp³-hybridized carbons (Fsp3) is 0.261. The molecule has 2 amide bonds. The summed E-state index contributed by atoms with van der Waals surface area (Å²) in [7, 11) is 0. The molecule has 1 aromatic heterocycles. The Morgan fingerprint density at radius 2 is 1.90 bits per heavy atom. The summed E-state index contributed by atoms with van der Waals surface area (Å²) in [5.74, 6) is -0.383. The van der Waals surface area contributed by atoms with Crippen molar-refractivity contribution in [3.8, 4) is 5.69 Å². The van der Waals surface area contributed by atoms with Gasteiger partial charge in [0.2, 0.25) is 5.91 Å². The van der Waals surface area contributed by atoms with Gasteiger partial charge in [-0.15, -0.1) is 0 Å². The Morgan fingerprint density at radius 3 is 2.67 bits per heavy atom. The monoisotopic (exact) mass is 422 g/mol. The van der Waals surface area contributed by atoms with E-state index in [1.54, 1.807) is 28.0 Å². The molecule has 2 aromatic carbocycles. The lowest BCUT2D eigenvalue weighted by atomic mass is 9.96. The fourth-order valence-corrected chi connectivity index (χ4v) is 3.88. The first-order chi connectivity index (χ1) is 14.5. The molecule has 0 spiro atoms. The number of hydrogen-bond acceptors (Lipinski definition) is 3. The smallest absolute Gasteiger partial charge is 0.253 e. The van der Waals surface area contributed by atoms with Gasteiger partial charge in [-0.1, -0.05) is 41.4 Å². The van der Waals surface area contributed by atoms with E-state index in [0.717, 1.165) is 24.1 Å². The van der Waals surface area contributed by atoms with E-state index in [2.05, 4.69) is 10.4 Å². The Labute approximate surface area is 180 Å². The van der Waals surface area contributed by atoms with Crippen LogP contribution in [0.4, 0.5) is 5.69 Å². The largest absolute Gasteiger partial charge is 0.338 e. The van der Waals surface area contributed by atoms with Crippen molar-refractivity contribution in [1.82, 2.24) is 14.7 Å². The van der Waals surface area contributed by atoms with Gasteiger partial charge in [0.05, 0.1) is 34.7 Å². The van der Waals surface area contributed by atoms with Crippen molar-refractivity contribution in [3.05, 3.63) is 77.1 Å². The van der Waals surface area contributed by atoms with Crippen LogP contribution in [0.5, 0.6) is 0 Å². The lowest BCUT2D eigenvalue weighted by Gasteiger charge is -2.32. The summed E-state index contributed by atoms with van der Waals surface area (Å²) in [5, 5.41) is 7.79. The first-order valence-electron chi connectivity index (χ1n) is 9.97. The molecule has 0 radical (unpaired) electrons. The molecule has 7 heteroatoms. The molecular weight excluding hydrogens is 400 g/mol. The highest BCUT2D eigenvalue weighted by Gasteiger charge is 2.29. The SMILES string of the molecule is Cc1ccc(C(=O)N2CCCC(C(=O)Nc3cnn(-c4ccccc4Cl)c3)C2)cc1. The standard InChI is InChI=1S/C23H23ClN4O2/c1-16-8-10-17(11-9-16)23(30)27-12-4-5-18(14-27)22(29)26-19-13-25-28(15-19)21-7-3-2-6-20(21)24/h2-3,6-11,13,15,18H,4-5,12,14H2,1H3,(H,26,29). The summed E-state index contributed by atoms with van der Waals surface area (Å²) in [6.45, 7) is 3.07. The van der Waals surface area contributed by atoms with Gasteiger partial charge in [0, 0.05) is 18.7 Å². The number of para-hydroxylation sites is 1. The number of anilines is 1. The molecule has 30 heavy (non-hydrogen) atoms. The molecule has 0 saturated carbocycles. The Bertz CT molecular complexity index is 1060. The van der Waals surface area contributed by atoms with Gasteiger partial charge < -0.3 is 10.2 Å². The number of rotatable bonds is 4. The van der Waals surface area contributed by atoms with Gasteiger partial charge in [-0.2, -0.15) is 5.10 Å². The van der Waals surface area contributed by atoms with Crippen molar-refractivity contribution in [2.75, 3.05) is 18.4 Å². The van der Waals surface area contributed by atoms with Crippen molar-refractivity contribution in [3.63, 3.8) is 0 Å². The number of aryl methyl sites for hydroxylation is 1. The number of piperidine rings is 1. The lowest BCUT2D eigenvalue weighted by molar-refractivity contribution is -0.121. The van der Waals surface area contributed by atoms with Gasteiger partial charge in [0.25, 0.3) is 5.91 Å². The number of nitrogens with zero attached hydrogens (tertiary/aromatic N) is 3. The van der Waals surface area contributed by atoms with Crippen LogP contribution >= 0.6 is 11.6 Å². The van der Waals surface area contributed by atoms with E-state index in [9.17, 15) is 9.59 Å². The molecule has 4 rings (SSSR count). The number of halogens is 1. The predicted octanol–water partition coefficient (Wildman–Crippen LogP) is 4.33. The van der Waals surface area contributed by atoms with Gasteiger partial charge in [0.1, 0.15) is 0 Å². The number of benzene rings is 2. The van der Waals surface area contributed by atoms with Crippen molar-refractivity contribution < 1.29 is 9.59 Å². The summed E-state index contributed by atoms with van der Waals surface area (Å²) >= 11 is 6.21. The molecule has 1 atom stereocenters. The number of amides is 2. The first kappa shape index (κ1) is 20.2. The minimum atomic E-state index is -0.253. The van der Waals surface area contributed by atoms with Crippen LogP contribution in [0.25, 0.3) is 5.69 Å². The zero-order valence-corrected chi connectivity index (χ0v) is 17.5. The molecule has 1 saturated heterocycles. The van der Waals surface area contributed by atoms with Crippen molar-refractivity contribution in [1.29, 1.82) is 0 Å². The second-order valence-electron chi connectivity index (χ2n) is 7.57. The lowest BCUT2D eigenvalue weighted by Crippen LogP contribution is -2.43. The van der Waals surface area contributed by atoms with Crippen molar-refractivity contribution in [2.24, 2.45) is 5.92 Å². The zero-order chi connectivity index (χ0) is 21.1. The molecule has 0 aliphatic carbocycles. The Hall–Kier alpha value is -3.12. The van der Waals surface area contributed by atoms with Gasteiger partial charge in [-0.25, -0.2) is 4.68 Å². The van der Waals surface area contributed by atoms with E-state index in [0.29, 0.717) is 29.4 Å². The average Bonchev–Trinajstić information content (AvgIpc) is 3.22. The van der Waals surface area contributed by atoms with E-state index in [1.165, 1.54) is 0 Å².